The van der Waals surface area contributed by atoms with Crippen molar-refractivity contribution >= 4 is 27.8 Å². The molecule has 0 saturated carbocycles. The molecule has 3 aromatic carbocycles. The van der Waals surface area contributed by atoms with Crippen LogP contribution in [0.25, 0.3) is 21.5 Å². The molecule has 3 rings (SSSR count). The molecular formula is C19H18O. The monoisotopic (exact) mass is 262 g/mol. The van der Waals surface area contributed by atoms with E-state index < -0.39 is 0 Å². The largest absolute Gasteiger partial charge is 0.298 e. The van der Waals surface area contributed by atoms with Crippen LogP contribution in [0.4, 0.5) is 0 Å². The van der Waals surface area contributed by atoms with Gasteiger partial charge in [0.15, 0.2) is 6.29 Å². The number of rotatable bonds is 1. The van der Waals surface area contributed by atoms with E-state index in [1.807, 2.05) is 36.4 Å². The first-order valence-electron chi connectivity index (χ1n) is 6.93. The van der Waals surface area contributed by atoms with Crippen molar-refractivity contribution in [1.82, 2.24) is 0 Å². The van der Waals surface area contributed by atoms with Crippen molar-refractivity contribution in [3.63, 3.8) is 0 Å². The SMILES string of the molecule is CC(C)(C)c1c2ccccc2c(C=O)c2ccccc12. The zero-order valence-corrected chi connectivity index (χ0v) is 12.1. The maximum Gasteiger partial charge on any atom is 0.151 e. The summed E-state index contributed by atoms with van der Waals surface area (Å²) in [6.45, 7) is 6.67. The van der Waals surface area contributed by atoms with E-state index in [0.717, 1.165) is 22.6 Å². The van der Waals surface area contributed by atoms with Gasteiger partial charge in [0.2, 0.25) is 0 Å². The number of carbonyl (C=O) groups is 1. The predicted molar refractivity (Wildman–Crippen MR) is 85.5 cm³/mol. The normalized spacial score (nSPS) is 11.9. The summed E-state index contributed by atoms with van der Waals surface area (Å²) in [5, 5.41) is 4.46. The Morgan fingerprint density at radius 2 is 1.15 bits per heavy atom. The van der Waals surface area contributed by atoms with E-state index in [0.29, 0.717) is 0 Å². The van der Waals surface area contributed by atoms with Gasteiger partial charge in [-0.1, -0.05) is 69.3 Å². The van der Waals surface area contributed by atoms with Gasteiger partial charge in [0, 0.05) is 5.56 Å². The third kappa shape index (κ3) is 1.82. The van der Waals surface area contributed by atoms with Gasteiger partial charge < -0.3 is 0 Å². The highest BCUT2D eigenvalue weighted by molar-refractivity contribution is 6.14. The van der Waals surface area contributed by atoms with Gasteiger partial charge in [0.25, 0.3) is 0 Å². The minimum atomic E-state index is 0.0284. The summed E-state index contributed by atoms with van der Waals surface area (Å²) < 4.78 is 0. The van der Waals surface area contributed by atoms with Gasteiger partial charge in [-0.3, -0.25) is 4.79 Å². The molecule has 0 saturated heterocycles. The summed E-state index contributed by atoms with van der Waals surface area (Å²) in [5.74, 6) is 0. The van der Waals surface area contributed by atoms with Crippen molar-refractivity contribution in [2.24, 2.45) is 0 Å². The molecular weight excluding hydrogens is 244 g/mol. The second-order valence-electron chi connectivity index (χ2n) is 6.25. The first-order valence-corrected chi connectivity index (χ1v) is 6.93. The third-order valence-corrected chi connectivity index (χ3v) is 3.84. The van der Waals surface area contributed by atoms with Crippen molar-refractivity contribution in [1.29, 1.82) is 0 Å². The molecule has 0 aliphatic rings. The summed E-state index contributed by atoms with van der Waals surface area (Å²) in [4.78, 5) is 11.6. The maximum absolute atomic E-state index is 11.6. The van der Waals surface area contributed by atoms with Crippen molar-refractivity contribution < 1.29 is 4.79 Å². The number of fused-ring (bicyclic) bond motifs is 2. The highest BCUT2D eigenvalue weighted by Gasteiger charge is 2.22. The molecule has 1 heteroatoms. The van der Waals surface area contributed by atoms with Crippen molar-refractivity contribution in [2.75, 3.05) is 0 Å². The first kappa shape index (κ1) is 12.9. The molecule has 0 N–H and O–H groups in total. The van der Waals surface area contributed by atoms with Crippen LogP contribution in [0, 0.1) is 0 Å². The van der Waals surface area contributed by atoms with Crippen LogP contribution in [0.5, 0.6) is 0 Å². The van der Waals surface area contributed by atoms with Crippen molar-refractivity contribution in [3.05, 3.63) is 59.7 Å². The first-order chi connectivity index (χ1) is 9.54. The lowest BCUT2D eigenvalue weighted by Crippen LogP contribution is -2.13. The van der Waals surface area contributed by atoms with Crippen LogP contribution in [0.15, 0.2) is 48.5 Å². The lowest BCUT2D eigenvalue weighted by Gasteiger charge is -2.25. The molecule has 0 aliphatic carbocycles. The number of aldehydes is 1. The van der Waals surface area contributed by atoms with E-state index in [1.54, 1.807) is 0 Å². The quantitative estimate of drug-likeness (QED) is 0.440. The van der Waals surface area contributed by atoms with Crippen LogP contribution in [-0.4, -0.2) is 6.29 Å². The number of hydrogen-bond acceptors (Lipinski definition) is 1. The molecule has 20 heavy (non-hydrogen) atoms. The van der Waals surface area contributed by atoms with Gasteiger partial charge in [-0.25, -0.2) is 0 Å². The molecule has 0 aliphatic heterocycles. The van der Waals surface area contributed by atoms with Gasteiger partial charge in [-0.15, -0.1) is 0 Å². The fourth-order valence-corrected chi connectivity index (χ4v) is 3.10. The molecule has 0 bridgehead atoms. The standard InChI is InChI=1S/C19H18O/c1-19(2,3)18-15-10-6-4-8-13(15)17(12-20)14-9-5-7-11-16(14)18/h4-12H,1-3H3. The van der Waals surface area contributed by atoms with E-state index in [9.17, 15) is 4.79 Å². The molecule has 0 spiro atoms. The molecule has 0 aromatic heterocycles. The molecule has 0 heterocycles. The molecule has 0 fully saturated rings. The molecule has 100 valence electrons. The Morgan fingerprint density at radius 1 is 0.750 bits per heavy atom. The number of benzene rings is 3. The van der Waals surface area contributed by atoms with Crippen molar-refractivity contribution in [2.45, 2.75) is 26.2 Å². The van der Waals surface area contributed by atoms with Crippen molar-refractivity contribution in [3.8, 4) is 0 Å². The zero-order chi connectivity index (χ0) is 14.3. The number of hydrogen-bond donors (Lipinski definition) is 0. The molecule has 3 aromatic rings. The van der Waals surface area contributed by atoms with Gasteiger partial charge in [-0.2, -0.15) is 0 Å². The molecule has 0 radical (unpaired) electrons. The summed E-state index contributed by atoms with van der Waals surface area (Å²) >= 11 is 0. The smallest absolute Gasteiger partial charge is 0.151 e. The van der Waals surface area contributed by atoms with Gasteiger partial charge in [0.1, 0.15) is 0 Å². The summed E-state index contributed by atoms with van der Waals surface area (Å²) in [6.07, 6.45) is 0.983. The fraction of sp³-hybridized carbons (Fsp3) is 0.211. The Bertz CT molecular complexity index is 750. The Hall–Kier alpha value is -2.15. The van der Waals surface area contributed by atoms with E-state index >= 15 is 0 Å². The second-order valence-corrected chi connectivity index (χ2v) is 6.25. The average Bonchev–Trinajstić information content (AvgIpc) is 2.43. The molecule has 0 atom stereocenters. The molecule has 1 nitrogen and oxygen atoms in total. The topological polar surface area (TPSA) is 17.1 Å². The second kappa shape index (κ2) is 4.45. The van der Waals surface area contributed by atoms with Crippen LogP contribution in [-0.2, 0) is 5.41 Å². The molecule has 0 amide bonds. The van der Waals surface area contributed by atoms with Crippen LogP contribution >= 0.6 is 0 Å². The fourth-order valence-electron chi connectivity index (χ4n) is 3.10. The lowest BCUT2D eigenvalue weighted by atomic mass is 9.79. The highest BCUT2D eigenvalue weighted by atomic mass is 16.1. The third-order valence-electron chi connectivity index (χ3n) is 3.84. The van der Waals surface area contributed by atoms with Gasteiger partial charge in [0.05, 0.1) is 0 Å². The van der Waals surface area contributed by atoms with E-state index in [2.05, 4.69) is 32.9 Å². The number of carbonyl (C=O) groups excluding carboxylic acids is 1. The molecule has 0 unspecified atom stereocenters. The Kier molecular flexibility index (Phi) is 2.86. The Labute approximate surface area is 119 Å². The van der Waals surface area contributed by atoms with Crippen LogP contribution < -0.4 is 0 Å². The maximum atomic E-state index is 11.6. The van der Waals surface area contributed by atoms with Crippen LogP contribution in [0.3, 0.4) is 0 Å². The highest BCUT2D eigenvalue weighted by Crippen LogP contribution is 2.38. The van der Waals surface area contributed by atoms with Gasteiger partial charge >= 0.3 is 0 Å². The van der Waals surface area contributed by atoms with Crippen LogP contribution in [0.2, 0.25) is 0 Å². The average molecular weight is 262 g/mol. The van der Waals surface area contributed by atoms with E-state index in [1.165, 1.54) is 16.3 Å². The summed E-state index contributed by atoms with van der Waals surface area (Å²) in [5.41, 5.74) is 2.14. The van der Waals surface area contributed by atoms with E-state index in [-0.39, 0.29) is 5.41 Å². The summed E-state index contributed by atoms with van der Waals surface area (Å²) in [6, 6.07) is 16.4. The van der Waals surface area contributed by atoms with E-state index in [4.69, 9.17) is 0 Å². The zero-order valence-electron chi connectivity index (χ0n) is 12.1. The minimum absolute atomic E-state index is 0.0284. The summed E-state index contributed by atoms with van der Waals surface area (Å²) in [7, 11) is 0. The van der Waals surface area contributed by atoms with Crippen LogP contribution in [0.1, 0.15) is 36.7 Å². The Balaban J connectivity index is 2.67. The predicted octanol–water partition coefficient (Wildman–Crippen LogP) is 5.10. The Morgan fingerprint density at radius 3 is 1.50 bits per heavy atom. The lowest BCUT2D eigenvalue weighted by molar-refractivity contribution is 0.112. The minimum Gasteiger partial charge on any atom is -0.298 e. The van der Waals surface area contributed by atoms with Gasteiger partial charge in [-0.05, 0) is 32.5 Å².